The number of pyridine rings is 1. The van der Waals surface area contributed by atoms with Gasteiger partial charge in [0.1, 0.15) is 11.0 Å². The number of hydrogen-bond acceptors (Lipinski definition) is 2. The summed E-state index contributed by atoms with van der Waals surface area (Å²) in [6.07, 6.45) is -2.58. The molecule has 0 aliphatic heterocycles. The Morgan fingerprint density at radius 2 is 1.87 bits per heavy atom. The maximum absolute atomic E-state index is 14.4. The summed E-state index contributed by atoms with van der Waals surface area (Å²) in [6.45, 7) is 3.67. The zero-order valence-corrected chi connectivity index (χ0v) is 18.2. The van der Waals surface area contributed by atoms with Crippen molar-refractivity contribution >= 4 is 23.3 Å². The quantitative estimate of drug-likeness (QED) is 0.369. The van der Waals surface area contributed by atoms with Crippen LogP contribution in [0.3, 0.4) is 0 Å². The number of amides is 2. The predicted octanol–water partition coefficient (Wildman–Crippen LogP) is 6.83. The topological polar surface area (TPSA) is 54.0 Å². The molecule has 0 radical (unpaired) electrons. The standard InChI is InChI=1S/C22H24ClF4N3O/c1-12-8-16(24)18(30-20(31)28-7-6-21(2,3)22(25,26)27)11-15(12)14-9-17(13-4-5-13)29-19(23)10-14/h8-11,13H,4-7H2,1-3H3,(H2,28,30,31). The Balaban J connectivity index is 1.74. The maximum atomic E-state index is 14.4. The summed E-state index contributed by atoms with van der Waals surface area (Å²) >= 11 is 6.16. The summed E-state index contributed by atoms with van der Waals surface area (Å²) in [5.74, 6) is -0.267. The number of carbonyl (C=O) groups excluding carboxylic acids is 1. The average Bonchev–Trinajstić information content (AvgIpc) is 3.47. The average molecular weight is 458 g/mol. The molecule has 1 aromatic heterocycles. The van der Waals surface area contributed by atoms with Gasteiger partial charge in [0.15, 0.2) is 0 Å². The van der Waals surface area contributed by atoms with Gasteiger partial charge in [-0.2, -0.15) is 13.2 Å². The first-order valence-corrected chi connectivity index (χ1v) is 10.3. The minimum absolute atomic E-state index is 0.0749. The highest BCUT2D eigenvalue weighted by molar-refractivity contribution is 6.29. The summed E-state index contributed by atoms with van der Waals surface area (Å²) < 4.78 is 53.2. The van der Waals surface area contributed by atoms with Gasteiger partial charge in [-0.1, -0.05) is 25.4 Å². The molecule has 0 saturated heterocycles. The van der Waals surface area contributed by atoms with Gasteiger partial charge in [0.05, 0.1) is 11.1 Å². The Morgan fingerprint density at radius 3 is 2.48 bits per heavy atom. The Hall–Kier alpha value is -2.35. The zero-order valence-electron chi connectivity index (χ0n) is 17.5. The fourth-order valence-corrected chi connectivity index (χ4v) is 3.35. The van der Waals surface area contributed by atoms with Crippen LogP contribution >= 0.6 is 11.6 Å². The monoisotopic (exact) mass is 457 g/mol. The first-order valence-electron chi connectivity index (χ1n) is 9.97. The molecule has 168 valence electrons. The molecule has 3 rings (SSSR count). The second kappa shape index (κ2) is 8.65. The maximum Gasteiger partial charge on any atom is 0.394 e. The molecule has 31 heavy (non-hydrogen) atoms. The van der Waals surface area contributed by atoms with Gasteiger partial charge >= 0.3 is 12.2 Å². The fraction of sp³-hybridized carbons (Fsp3) is 0.455. The Morgan fingerprint density at radius 1 is 1.19 bits per heavy atom. The van der Waals surface area contributed by atoms with Crippen molar-refractivity contribution in [1.29, 1.82) is 0 Å². The second-order valence-corrected chi connectivity index (χ2v) is 8.92. The van der Waals surface area contributed by atoms with Crippen LogP contribution in [0, 0.1) is 18.2 Å². The number of aryl methyl sites for hydroxylation is 1. The zero-order chi connectivity index (χ0) is 23.0. The van der Waals surface area contributed by atoms with Gasteiger partial charge in [0.25, 0.3) is 0 Å². The van der Waals surface area contributed by atoms with E-state index in [2.05, 4.69) is 15.6 Å². The van der Waals surface area contributed by atoms with E-state index in [4.69, 9.17) is 11.6 Å². The Bertz CT molecular complexity index is 987. The number of halogens is 5. The van der Waals surface area contributed by atoms with Gasteiger partial charge < -0.3 is 10.6 Å². The van der Waals surface area contributed by atoms with Crippen LogP contribution in [0.4, 0.5) is 28.0 Å². The summed E-state index contributed by atoms with van der Waals surface area (Å²) in [5, 5.41) is 5.07. The van der Waals surface area contributed by atoms with Crippen molar-refractivity contribution in [3.05, 3.63) is 46.5 Å². The van der Waals surface area contributed by atoms with Gasteiger partial charge in [-0.15, -0.1) is 0 Å². The van der Waals surface area contributed by atoms with Gasteiger partial charge in [-0.25, -0.2) is 14.2 Å². The van der Waals surface area contributed by atoms with Crippen molar-refractivity contribution in [2.45, 2.75) is 52.1 Å². The van der Waals surface area contributed by atoms with Crippen molar-refractivity contribution in [3.8, 4) is 11.1 Å². The number of hydrogen-bond donors (Lipinski definition) is 2. The molecule has 0 bridgehead atoms. The first-order chi connectivity index (χ1) is 14.4. The number of nitrogens with one attached hydrogen (secondary N) is 2. The number of carbonyl (C=O) groups is 1. The molecule has 0 spiro atoms. The molecular formula is C22H24ClF4N3O. The third kappa shape index (κ3) is 5.67. The molecule has 2 aromatic rings. The first kappa shape index (κ1) is 23.3. The van der Waals surface area contributed by atoms with Crippen LogP contribution in [0.1, 0.15) is 50.3 Å². The largest absolute Gasteiger partial charge is 0.394 e. The SMILES string of the molecule is Cc1cc(F)c(NC(=O)NCCC(C)(C)C(F)(F)F)cc1-c1cc(Cl)nc(C2CC2)c1. The molecule has 1 aromatic carbocycles. The van der Waals surface area contributed by atoms with E-state index in [1.807, 2.05) is 6.07 Å². The van der Waals surface area contributed by atoms with Crippen molar-refractivity contribution in [3.63, 3.8) is 0 Å². The molecule has 0 atom stereocenters. The normalized spacial score (nSPS) is 14.5. The molecule has 2 N–H and O–H groups in total. The number of alkyl halides is 3. The summed E-state index contributed by atoms with van der Waals surface area (Å²) in [7, 11) is 0. The van der Waals surface area contributed by atoms with Gasteiger partial charge in [0.2, 0.25) is 0 Å². The molecule has 0 unspecified atom stereocenters. The highest BCUT2D eigenvalue weighted by Crippen LogP contribution is 2.42. The van der Waals surface area contributed by atoms with Crippen LogP contribution in [-0.4, -0.2) is 23.7 Å². The number of nitrogens with zero attached hydrogens (tertiary/aromatic N) is 1. The highest BCUT2D eigenvalue weighted by atomic mass is 35.5. The number of aromatic nitrogens is 1. The lowest BCUT2D eigenvalue weighted by Crippen LogP contribution is -2.37. The lowest BCUT2D eigenvalue weighted by atomic mass is 9.89. The van der Waals surface area contributed by atoms with Crippen LogP contribution < -0.4 is 10.6 Å². The van der Waals surface area contributed by atoms with Crippen molar-refractivity contribution < 1.29 is 22.4 Å². The van der Waals surface area contributed by atoms with Gasteiger partial charge in [0, 0.05) is 18.2 Å². The molecule has 4 nitrogen and oxygen atoms in total. The van der Waals surface area contributed by atoms with E-state index >= 15 is 0 Å². The second-order valence-electron chi connectivity index (χ2n) is 8.54. The molecular weight excluding hydrogens is 434 g/mol. The third-order valence-corrected chi connectivity index (χ3v) is 5.68. The lowest BCUT2D eigenvalue weighted by Gasteiger charge is -2.27. The van der Waals surface area contributed by atoms with Gasteiger partial charge in [-0.05, 0) is 67.1 Å². The minimum Gasteiger partial charge on any atom is -0.338 e. The van der Waals surface area contributed by atoms with Crippen LogP contribution in [0.25, 0.3) is 11.1 Å². The molecule has 1 aliphatic carbocycles. The van der Waals surface area contributed by atoms with Crippen LogP contribution in [0.15, 0.2) is 24.3 Å². The van der Waals surface area contributed by atoms with E-state index in [9.17, 15) is 22.4 Å². The van der Waals surface area contributed by atoms with Crippen molar-refractivity contribution in [2.24, 2.45) is 5.41 Å². The highest BCUT2D eigenvalue weighted by Gasteiger charge is 2.46. The molecule has 1 heterocycles. The smallest absolute Gasteiger partial charge is 0.338 e. The third-order valence-electron chi connectivity index (χ3n) is 5.49. The number of anilines is 1. The summed E-state index contributed by atoms with van der Waals surface area (Å²) in [5.41, 5.74) is 0.956. The molecule has 1 fully saturated rings. The Labute approximate surface area is 183 Å². The van der Waals surface area contributed by atoms with Crippen molar-refractivity contribution in [1.82, 2.24) is 10.3 Å². The van der Waals surface area contributed by atoms with Crippen molar-refractivity contribution in [2.75, 3.05) is 11.9 Å². The van der Waals surface area contributed by atoms with E-state index in [0.717, 1.165) is 37.9 Å². The van der Waals surface area contributed by atoms with Gasteiger partial charge in [-0.3, -0.25) is 0 Å². The van der Waals surface area contributed by atoms with E-state index < -0.39 is 23.4 Å². The number of benzene rings is 1. The fourth-order valence-electron chi connectivity index (χ4n) is 3.14. The van der Waals surface area contributed by atoms with E-state index in [1.165, 1.54) is 12.1 Å². The van der Waals surface area contributed by atoms with Crippen LogP contribution in [0.5, 0.6) is 0 Å². The number of urea groups is 1. The van der Waals surface area contributed by atoms with Crippen LogP contribution in [-0.2, 0) is 0 Å². The Kier molecular flexibility index (Phi) is 6.51. The van der Waals surface area contributed by atoms with E-state index in [1.54, 1.807) is 13.0 Å². The summed E-state index contributed by atoms with van der Waals surface area (Å²) in [4.78, 5) is 16.5. The predicted molar refractivity (Wildman–Crippen MR) is 113 cm³/mol. The minimum atomic E-state index is -4.38. The lowest BCUT2D eigenvalue weighted by molar-refractivity contribution is -0.213. The van der Waals surface area contributed by atoms with Crippen LogP contribution in [0.2, 0.25) is 5.15 Å². The molecule has 1 aliphatic rings. The van der Waals surface area contributed by atoms with E-state index in [0.29, 0.717) is 22.2 Å². The summed E-state index contributed by atoms with van der Waals surface area (Å²) in [6, 6.07) is 5.59. The number of rotatable bonds is 6. The molecule has 9 heteroatoms. The molecule has 1 saturated carbocycles. The van der Waals surface area contributed by atoms with E-state index in [-0.39, 0.29) is 18.7 Å². The molecule has 2 amide bonds.